The third-order valence-corrected chi connectivity index (χ3v) is 6.61. The van der Waals surface area contributed by atoms with Gasteiger partial charge in [-0.3, -0.25) is 0 Å². The van der Waals surface area contributed by atoms with Crippen LogP contribution in [0.15, 0.2) is 42.2 Å². The fraction of sp³-hybridized carbons (Fsp3) is 0.565. The van der Waals surface area contributed by atoms with Crippen LogP contribution in [-0.4, -0.2) is 67.7 Å². The summed E-state index contributed by atoms with van der Waals surface area (Å²) >= 11 is 0. The Morgan fingerprint density at radius 2 is 2.10 bits per heavy atom. The quantitative estimate of drug-likeness (QED) is 0.425. The number of urea groups is 1. The van der Waals surface area contributed by atoms with Gasteiger partial charge in [0.05, 0.1) is 0 Å². The van der Waals surface area contributed by atoms with Gasteiger partial charge in [0.2, 0.25) is 0 Å². The molecule has 0 unspecified atom stereocenters. The third-order valence-electron chi connectivity index (χ3n) is 6.61. The molecule has 2 aliphatic rings. The minimum atomic E-state index is -0.247. The number of aromatic nitrogens is 4. The Balaban J connectivity index is 1.25. The number of nitrogens with zero attached hydrogens (tertiary/aromatic N) is 5. The maximum atomic E-state index is 12.6. The molecule has 4 rings (SSSR count). The number of amides is 2. The molecular formula is C23H32N6O2. The first-order valence-corrected chi connectivity index (χ1v) is 11.2. The zero-order valence-electron chi connectivity index (χ0n) is 18.2. The van der Waals surface area contributed by atoms with Crippen molar-refractivity contribution in [2.45, 2.75) is 57.4 Å². The first-order valence-electron chi connectivity index (χ1n) is 11.2. The van der Waals surface area contributed by atoms with E-state index in [0.717, 1.165) is 44.3 Å². The van der Waals surface area contributed by atoms with Gasteiger partial charge in [0, 0.05) is 26.6 Å². The molecule has 1 atom stereocenters. The van der Waals surface area contributed by atoms with E-state index < -0.39 is 0 Å². The zero-order chi connectivity index (χ0) is 21.7. The van der Waals surface area contributed by atoms with E-state index in [-0.39, 0.29) is 12.1 Å². The minimum Gasteiger partial charge on any atom is -0.510 e. The second-order valence-electron chi connectivity index (χ2n) is 9.01. The maximum Gasteiger partial charge on any atom is 0.320 e. The monoisotopic (exact) mass is 424 g/mol. The fourth-order valence-corrected chi connectivity index (χ4v) is 4.54. The van der Waals surface area contributed by atoms with Gasteiger partial charge < -0.3 is 14.9 Å². The lowest BCUT2D eigenvalue weighted by Crippen LogP contribution is -2.36. The molecule has 2 N–H and O–H groups in total. The molecule has 0 radical (unpaired) electrons. The summed E-state index contributed by atoms with van der Waals surface area (Å²) in [5.74, 6) is 1.17. The number of carbonyl (C=O) groups excluding carboxylic acids is 1. The van der Waals surface area contributed by atoms with Gasteiger partial charge in [-0.1, -0.05) is 36.8 Å². The average molecular weight is 425 g/mol. The van der Waals surface area contributed by atoms with Gasteiger partial charge in [-0.2, -0.15) is 0 Å². The second-order valence-corrected chi connectivity index (χ2v) is 9.01. The molecule has 2 aromatic rings. The Morgan fingerprint density at radius 1 is 1.29 bits per heavy atom. The molecule has 1 saturated heterocycles. The van der Waals surface area contributed by atoms with Crippen LogP contribution in [0, 0.1) is 5.41 Å². The highest BCUT2D eigenvalue weighted by Crippen LogP contribution is 2.51. The van der Waals surface area contributed by atoms with E-state index in [1.54, 1.807) is 11.9 Å². The standard InChI is InChI=1S/C23H32N6O2/c1-28-17-19(20(30)11-7-10-18-8-3-2-4-9-18)29(22(28)31)15-6-5-12-23(13-14-23)16-21-24-26-27-25-21/h2-4,8-9,11,19,30H,5-7,10,12-17H2,1H3,(H,24,25,26,27)/t19-/m0/s1. The number of aliphatic hydroxyl groups excluding tert-OH is 1. The summed E-state index contributed by atoms with van der Waals surface area (Å²) in [6.45, 7) is 1.21. The van der Waals surface area contributed by atoms with Crippen molar-refractivity contribution in [3.05, 3.63) is 53.6 Å². The van der Waals surface area contributed by atoms with Crippen molar-refractivity contribution in [3.63, 3.8) is 0 Å². The van der Waals surface area contributed by atoms with Crippen molar-refractivity contribution in [2.24, 2.45) is 5.41 Å². The van der Waals surface area contributed by atoms with Crippen molar-refractivity contribution in [1.82, 2.24) is 30.4 Å². The number of tetrazole rings is 1. The number of hydrogen-bond donors (Lipinski definition) is 2. The van der Waals surface area contributed by atoms with E-state index in [1.165, 1.54) is 18.4 Å². The highest BCUT2D eigenvalue weighted by Gasteiger charge is 2.43. The van der Waals surface area contributed by atoms with Gasteiger partial charge in [-0.15, -0.1) is 5.10 Å². The molecule has 1 aromatic carbocycles. The number of benzene rings is 1. The van der Waals surface area contributed by atoms with Crippen LogP contribution >= 0.6 is 0 Å². The Bertz CT molecular complexity index is 879. The van der Waals surface area contributed by atoms with Crippen LogP contribution in [-0.2, 0) is 12.8 Å². The maximum absolute atomic E-state index is 12.6. The van der Waals surface area contributed by atoms with Crippen LogP contribution in [0.1, 0.15) is 49.9 Å². The number of likely N-dealkylation sites (N-methyl/N-ethyl adjacent to an activating group) is 1. The Labute approximate surface area is 183 Å². The smallest absolute Gasteiger partial charge is 0.320 e. The van der Waals surface area contributed by atoms with E-state index in [9.17, 15) is 9.90 Å². The van der Waals surface area contributed by atoms with Gasteiger partial charge >= 0.3 is 6.03 Å². The van der Waals surface area contributed by atoms with E-state index in [0.29, 0.717) is 24.3 Å². The lowest BCUT2D eigenvalue weighted by molar-refractivity contribution is 0.185. The first-order chi connectivity index (χ1) is 15.1. The van der Waals surface area contributed by atoms with E-state index in [1.807, 2.05) is 29.2 Å². The molecule has 31 heavy (non-hydrogen) atoms. The van der Waals surface area contributed by atoms with Crippen molar-refractivity contribution >= 4 is 6.03 Å². The SMILES string of the molecule is CN1C[C@@H](C(O)=CCCc2ccccc2)N(CCCCC2(Cc3nnn[nH]3)CC2)C1=O. The number of aromatic amines is 1. The van der Waals surface area contributed by atoms with Gasteiger partial charge in [-0.25, -0.2) is 9.89 Å². The van der Waals surface area contributed by atoms with Gasteiger partial charge in [0.25, 0.3) is 0 Å². The molecular weight excluding hydrogens is 392 g/mol. The minimum absolute atomic E-state index is 0.00174. The average Bonchev–Trinajstić information content (AvgIpc) is 3.21. The van der Waals surface area contributed by atoms with Crippen molar-refractivity contribution in [3.8, 4) is 0 Å². The summed E-state index contributed by atoms with van der Waals surface area (Å²) in [5, 5.41) is 24.9. The lowest BCUT2D eigenvalue weighted by Gasteiger charge is -2.23. The molecule has 1 aliphatic heterocycles. The van der Waals surface area contributed by atoms with Crippen LogP contribution < -0.4 is 0 Å². The summed E-state index contributed by atoms with van der Waals surface area (Å²) in [7, 11) is 1.80. The first kappa shape index (κ1) is 21.3. The number of allylic oxidation sites excluding steroid dienone is 1. The van der Waals surface area contributed by atoms with Crippen LogP contribution in [0.2, 0.25) is 0 Å². The van der Waals surface area contributed by atoms with Crippen molar-refractivity contribution < 1.29 is 9.90 Å². The number of carbonyl (C=O) groups is 1. The van der Waals surface area contributed by atoms with Crippen LogP contribution in [0.25, 0.3) is 0 Å². The summed E-state index contributed by atoms with van der Waals surface area (Å²) in [6.07, 6.45) is 9.96. The Morgan fingerprint density at radius 3 is 2.81 bits per heavy atom. The van der Waals surface area contributed by atoms with Gasteiger partial charge in [0.15, 0.2) is 0 Å². The van der Waals surface area contributed by atoms with E-state index >= 15 is 0 Å². The number of aliphatic hydroxyl groups is 1. The molecule has 8 heteroatoms. The highest BCUT2D eigenvalue weighted by molar-refractivity contribution is 5.77. The molecule has 0 bridgehead atoms. The van der Waals surface area contributed by atoms with E-state index in [4.69, 9.17) is 0 Å². The molecule has 2 fully saturated rings. The summed E-state index contributed by atoms with van der Waals surface area (Å²) in [6, 6.07) is 10.0. The summed E-state index contributed by atoms with van der Waals surface area (Å²) in [5.41, 5.74) is 1.57. The number of hydrogen-bond acceptors (Lipinski definition) is 5. The second kappa shape index (κ2) is 9.49. The molecule has 166 valence electrons. The lowest BCUT2D eigenvalue weighted by atomic mass is 9.94. The molecule has 2 amide bonds. The van der Waals surface area contributed by atoms with Crippen LogP contribution in [0.4, 0.5) is 4.79 Å². The summed E-state index contributed by atoms with van der Waals surface area (Å²) in [4.78, 5) is 16.1. The molecule has 1 saturated carbocycles. The van der Waals surface area contributed by atoms with Gasteiger partial charge in [-0.05, 0) is 66.0 Å². The zero-order valence-corrected chi connectivity index (χ0v) is 18.2. The molecule has 8 nitrogen and oxygen atoms in total. The Hall–Kier alpha value is -2.90. The fourth-order valence-electron chi connectivity index (χ4n) is 4.54. The van der Waals surface area contributed by atoms with Crippen LogP contribution in [0.3, 0.4) is 0 Å². The largest absolute Gasteiger partial charge is 0.510 e. The van der Waals surface area contributed by atoms with Crippen LogP contribution in [0.5, 0.6) is 0 Å². The number of aryl methyl sites for hydroxylation is 1. The number of nitrogens with one attached hydrogen (secondary N) is 1. The van der Waals surface area contributed by atoms with Crippen molar-refractivity contribution in [1.29, 1.82) is 0 Å². The number of H-pyrrole nitrogens is 1. The molecule has 0 spiro atoms. The molecule has 1 aromatic heterocycles. The molecule has 2 heterocycles. The topological polar surface area (TPSA) is 98.2 Å². The Kier molecular flexibility index (Phi) is 6.53. The number of rotatable bonds is 11. The van der Waals surface area contributed by atoms with Gasteiger partial charge in [0.1, 0.15) is 17.6 Å². The van der Waals surface area contributed by atoms with E-state index in [2.05, 4.69) is 32.8 Å². The highest BCUT2D eigenvalue weighted by atomic mass is 16.3. The summed E-state index contributed by atoms with van der Waals surface area (Å²) < 4.78 is 0. The predicted molar refractivity (Wildman–Crippen MR) is 117 cm³/mol. The molecule has 1 aliphatic carbocycles. The third kappa shape index (κ3) is 5.42. The predicted octanol–water partition coefficient (Wildman–Crippen LogP) is 3.50. The normalized spacial score (nSPS) is 20.5. The van der Waals surface area contributed by atoms with Crippen molar-refractivity contribution in [2.75, 3.05) is 20.1 Å². The number of unbranched alkanes of at least 4 members (excludes halogenated alkanes) is 1.